The average Bonchev–Trinajstić information content (AvgIpc) is 2.55. The predicted octanol–water partition coefficient (Wildman–Crippen LogP) is 0.884. The highest BCUT2D eigenvalue weighted by molar-refractivity contribution is 5.73. The fraction of sp³-hybridized carbons (Fsp3) is 0.846. The Labute approximate surface area is 109 Å². The molecule has 1 aliphatic heterocycles. The molecule has 18 heavy (non-hydrogen) atoms. The lowest BCUT2D eigenvalue weighted by Crippen LogP contribution is -2.36. The molecule has 0 radical (unpaired) electrons. The molecule has 104 valence electrons. The highest BCUT2D eigenvalue weighted by Gasteiger charge is 2.18. The lowest BCUT2D eigenvalue weighted by Gasteiger charge is -2.20. The van der Waals surface area contributed by atoms with Crippen LogP contribution in [0.4, 0.5) is 0 Å². The monoisotopic (exact) mass is 256 g/mol. The van der Waals surface area contributed by atoms with Crippen LogP contribution in [0.1, 0.15) is 33.1 Å². The zero-order chi connectivity index (χ0) is 13.4. The van der Waals surface area contributed by atoms with Crippen LogP contribution in [0.2, 0.25) is 0 Å². The first-order chi connectivity index (χ1) is 8.63. The van der Waals surface area contributed by atoms with Gasteiger partial charge < -0.3 is 9.64 Å². The van der Waals surface area contributed by atoms with Gasteiger partial charge in [-0.3, -0.25) is 14.5 Å². The van der Waals surface area contributed by atoms with E-state index in [4.69, 9.17) is 4.74 Å². The van der Waals surface area contributed by atoms with Gasteiger partial charge in [-0.15, -0.1) is 0 Å². The maximum atomic E-state index is 11.6. The Kier molecular flexibility index (Phi) is 6.72. The van der Waals surface area contributed by atoms with Gasteiger partial charge in [0.05, 0.1) is 13.2 Å². The van der Waals surface area contributed by atoms with Gasteiger partial charge in [-0.1, -0.05) is 13.3 Å². The molecule has 0 aliphatic carbocycles. The molecule has 0 atom stereocenters. The number of amides is 1. The minimum atomic E-state index is -0.153. The lowest BCUT2D eigenvalue weighted by atomic mass is 10.3. The summed E-state index contributed by atoms with van der Waals surface area (Å²) in [7, 11) is 0. The number of hydrogen-bond donors (Lipinski definition) is 0. The summed E-state index contributed by atoms with van der Waals surface area (Å²) in [5.74, 6) is -0.0397. The minimum absolute atomic E-state index is 0.113. The minimum Gasteiger partial charge on any atom is -0.465 e. The first-order valence-electron chi connectivity index (χ1n) is 6.77. The summed E-state index contributed by atoms with van der Waals surface area (Å²) in [6.07, 6.45) is 2.87. The summed E-state index contributed by atoms with van der Waals surface area (Å²) in [5.41, 5.74) is 0. The van der Waals surface area contributed by atoms with Crippen LogP contribution in [-0.2, 0) is 14.3 Å². The highest BCUT2D eigenvalue weighted by atomic mass is 16.5. The van der Waals surface area contributed by atoms with E-state index in [-0.39, 0.29) is 11.9 Å². The van der Waals surface area contributed by atoms with Crippen LogP contribution in [-0.4, -0.2) is 61.0 Å². The van der Waals surface area contributed by atoms with Gasteiger partial charge >= 0.3 is 5.97 Å². The number of unbranched alkanes of at least 4 members (excludes halogenated alkanes) is 1. The van der Waals surface area contributed by atoms with Crippen molar-refractivity contribution in [3.63, 3.8) is 0 Å². The molecule has 1 rings (SSSR count). The van der Waals surface area contributed by atoms with Crippen molar-refractivity contribution >= 4 is 11.9 Å². The Hall–Kier alpha value is -1.10. The fourth-order valence-electron chi connectivity index (χ4n) is 2.00. The number of ether oxygens (including phenoxy) is 1. The van der Waals surface area contributed by atoms with Crippen LogP contribution >= 0.6 is 0 Å². The quantitative estimate of drug-likeness (QED) is 0.541. The number of carbonyl (C=O) groups is 2. The summed E-state index contributed by atoms with van der Waals surface area (Å²) < 4.78 is 5.14. The SMILES string of the molecule is CCCCOC(=O)CN1CCCN(C(C)=O)CC1. The van der Waals surface area contributed by atoms with Gasteiger partial charge in [-0.25, -0.2) is 0 Å². The van der Waals surface area contributed by atoms with Crippen LogP contribution in [0.25, 0.3) is 0 Å². The molecule has 0 spiro atoms. The van der Waals surface area contributed by atoms with Crippen LogP contribution in [0.15, 0.2) is 0 Å². The first-order valence-corrected chi connectivity index (χ1v) is 6.77. The van der Waals surface area contributed by atoms with Crippen molar-refractivity contribution in [3.05, 3.63) is 0 Å². The van der Waals surface area contributed by atoms with E-state index in [1.54, 1.807) is 6.92 Å². The molecule has 0 N–H and O–H groups in total. The zero-order valence-corrected chi connectivity index (χ0v) is 11.5. The molecule has 1 heterocycles. The van der Waals surface area contributed by atoms with Gasteiger partial charge in [0.2, 0.25) is 5.91 Å². The van der Waals surface area contributed by atoms with Crippen molar-refractivity contribution in [1.82, 2.24) is 9.80 Å². The number of esters is 1. The summed E-state index contributed by atoms with van der Waals surface area (Å²) in [6.45, 7) is 7.62. The molecular weight excluding hydrogens is 232 g/mol. The summed E-state index contributed by atoms with van der Waals surface area (Å²) in [5, 5.41) is 0. The second-order valence-electron chi connectivity index (χ2n) is 4.71. The van der Waals surface area contributed by atoms with Gasteiger partial charge in [0.25, 0.3) is 0 Å². The Morgan fingerprint density at radius 1 is 1.17 bits per heavy atom. The molecule has 1 amide bonds. The Morgan fingerprint density at radius 2 is 1.94 bits per heavy atom. The number of rotatable bonds is 5. The van der Waals surface area contributed by atoms with Crippen LogP contribution in [0.3, 0.4) is 0 Å². The Bertz CT molecular complexity index is 281. The molecular formula is C13H24N2O3. The van der Waals surface area contributed by atoms with E-state index >= 15 is 0 Å². The maximum absolute atomic E-state index is 11.6. The number of nitrogens with zero attached hydrogens (tertiary/aromatic N) is 2. The van der Waals surface area contributed by atoms with Gasteiger partial charge in [0.1, 0.15) is 0 Å². The van der Waals surface area contributed by atoms with E-state index in [1.807, 2.05) is 4.90 Å². The van der Waals surface area contributed by atoms with Crippen molar-refractivity contribution in [2.75, 3.05) is 39.3 Å². The molecule has 5 nitrogen and oxygen atoms in total. The summed E-state index contributed by atoms with van der Waals surface area (Å²) >= 11 is 0. The summed E-state index contributed by atoms with van der Waals surface area (Å²) in [4.78, 5) is 26.7. The molecule has 5 heteroatoms. The normalized spacial score (nSPS) is 17.3. The third-order valence-electron chi connectivity index (χ3n) is 3.15. The van der Waals surface area contributed by atoms with Gasteiger partial charge in [-0.05, 0) is 12.8 Å². The topological polar surface area (TPSA) is 49.9 Å². The predicted molar refractivity (Wildman–Crippen MR) is 69.2 cm³/mol. The third-order valence-corrected chi connectivity index (χ3v) is 3.15. The van der Waals surface area contributed by atoms with Gasteiger partial charge in [0.15, 0.2) is 0 Å². The second-order valence-corrected chi connectivity index (χ2v) is 4.71. The molecule has 0 aromatic heterocycles. The Balaban J connectivity index is 2.26. The molecule has 0 unspecified atom stereocenters. The standard InChI is InChI=1S/C13H24N2O3/c1-3-4-10-18-13(17)11-14-6-5-7-15(9-8-14)12(2)16/h3-11H2,1-2H3. The first kappa shape index (κ1) is 15.0. The van der Waals surface area contributed by atoms with E-state index in [0.717, 1.165) is 38.9 Å². The maximum Gasteiger partial charge on any atom is 0.320 e. The van der Waals surface area contributed by atoms with Crippen molar-refractivity contribution in [1.29, 1.82) is 0 Å². The third kappa shape index (κ3) is 5.49. The summed E-state index contributed by atoms with van der Waals surface area (Å²) in [6, 6.07) is 0. The number of carbonyl (C=O) groups excluding carboxylic acids is 2. The molecule has 1 saturated heterocycles. The zero-order valence-electron chi connectivity index (χ0n) is 11.5. The molecule has 1 aliphatic rings. The second kappa shape index (κ2) is 8.08. The van der Waals surface area contributed by atoms with E-state index in [0.29, 0.717) is 19.7 Å². The highest BCUT2D eigenvalue weighted by Crippen LogP contribution is 2.03. The van der Waals surface area contributed by atoms with Gasteiger partial charge in [-0.2, -0.15) is 0 Å². The molecule has 1 fully saturated rings. The number of hydrogen-bond acceptors (Lipinski definition) is 4. The molecule has 0 saturated carbocycles. The van der Waals surface area contributed by atoms with Crippen molar-refractivity contribution in [2.24, 2.45) is 0 Å². The van der Waals surface area contributed by atoms with E-state index < -0.39 is 0 Å². The van der Waals surface area contributed by atoms with Crippen molar-refractivity contribution < 1.29 is 14.3 Å². The van der Waals surface area contributed by atoms with Crippen LogP contribution < -0.4 is 0 Å². The van der Waals surface area contributed by atoms with E-state index in [9.17, 15) is 9.59 Å². The molecule has 0 bridgehead atoms. The fourth-order valence-corrected chi connectivity index (χ4v) is 2.00. The van der Waals surface area contributed by atoms with E-state index in [2.05, 4.69) is 11.8 Å². The molecule has 0 aromatic rings. The van der Waals surface area contributed by atoms with Crippen LogP contribution in [0.5, 0.6) is 0 Å². The van der Waals surface area contributed by atoms with Crippen LogP contribution in [0, 0.1) is 0 Å². The lowest BCUT2D eigenvalue weighted by molar-refractivity contribution is -0.145. The van der Waals surface area contributed by atoms with E-state index in [1.165, 1.54) is 0 Å². The van der Waals surface area contributed by atoms with Crippen molar-refractivity contribution in [2.45, 2.75) is 33.1 Å². The average molecular weight is 256 g/mol. The smallest absolute Gasteiger partial charge is 0.320 e. The Morgan fingerprint density at radius 3 is 2.61 bits per heavy atom. The molecule has 0 aromatic carbocycles. The van der Waals surface area contributed by atoms with Gasteiger partial charge in [0, 0.05) is 33.1 Å². The van der Waals surface area contributed by atoms with Crippen molar-refractivity contribution in [3.8, 4) is 0 Å². The largest absolute Gasteiger partial charge is 0.465 e.